The number of isocyanates is 1. The molecule has 0 aromatic heterocycles. The van der Waals surface area contributed by atoms with Crippen molar-refractivity contribution in [1.29, 1.82) is 0 Å². The van der Waals surface area contributed by atoms with Crippen LogP contribution in [0.2, 0.25) is 0 Å². The van der Waals surface area contributed by atoms with Gasteiger partial charge in [-0.15, -0.1) is 0 Å². The summed E-state index contributed by atoms with van der Waals surface area (Å²) in [4.78, 5) is 13.1. The Morgan fingerprint density at radius 1 is 1.13 bits per heavy atom. The van der Waals surface area contributed by atoms with Gasteiger partial charge in [0.05, 0.1) is 5.69 Å². The molecular formula is C10H4F3NO. The molecule has 0 aliphatic heterocycles. The van der Waals surface area contributed by atoms with Gasteiger partial charge >= 0.3 is 6.18 Å². The smallest absolute Gasteiger partial charge is 0.211 e. The Bertz CT molecular complexity index is 444. The molecule has 1 aromatic carbocycles. The van der Waals surface area contributed by atoms with Crippen LogP contribution in [0.5, 0.6) is 0 Å². The van der Waals surface area contributed by atoms with Crippen molar-refractivity contribution in [3.63, 3.8) is 0 Å². The third kappa shape index (κ3) is 4.12. The van der Waals surface area contributed by atoms with Crippen LogP contribution in [0, 0.1) is 11.8 Å². The molecule has 0 bridgehead atoms. The first kappa shape index (κ1) is 11.0. The van der Waals surface area contributed by atoms with Gasteiger partial charge in [-0.3, -0.25) is 0 Å². The van der Waals surface area contributed by atoms with Gasteiger partial charge in [-0.2, -0.15) is 18.2 Å². The third-order valence-corrected chi connectivity index (χ3v) is 1.39. The summed E-state index contributed by atoms with van der Waals surface area (Å²) in [5.41, 5.74) is 0.528. The average molecular weight is 211 g/mol. The molecule has 5 heteroatoms. The van der Waals surface area contributed by atoms with Gasteiger partial charge in [0.25, 0.3) is 0 Å². The predicted molar refractivity (Wildman–Crippen MR) is 47.2 cm³/mol. The van der Waals surface area contributed by atoms with E-state index in [0.29, 0.717) is 5.69 Å². The van der Waals surface area contributed by atoms with Crippen LogP contribution in [0.15, 0.2) is 29.3 Å². The molecule has 0 amide bonds. The first-order chi connectivity index (χ1) is 7.01. The normalized spacial score (nSPS) is 9.80. The van der Waals surface area contributed by atoms with Crippen LogP contribution in [0.25, 0.3) is 0 Å². The van der Waals surface area contributed by atoms with E-state index in [1.165, 1.54) is 30.3 Å². The zero-order chi connectivity index (χ0) is 11.3. The molecule has 1 rings (SSSR count). The Balaban J connectivity index is 2.89. The summed E-state index contributed by atoms with van der Waals surface area (Å²) in [5.74, 6) is 3.07. The third-order valence-electron chi connectivity index (χ3n) is 1.39. The summed E-state index contributed by atoms with van der Waals surface area (Å²) >= 11 is 0. The molecule has 0 aliphatic rings. The molecule has 0 atom stereocenters. The molecule has 0 aliphatic carbocycles. The zero-order valence-corrected chi connectivity index (χ0v) is 7.30. The number of alkyl halides is 3. The number of hydrogen-bond acceptors (Lipinski definition) is 2. The lowest BCUT2D eigenvalue weighted by atomic mass is 10.2. The Hall–Kier alpha value is -2.05. The second-order valence-corrected chi connectivity index (χ2v) is 2.50. The maximum absolute atomic E-state index is 11.7. The van der Waals surface area contributed by atoms with E-state index in [1.54, 1.807) is 0 Å². The molecule has 0 spiro atoms. The fourth-order valence-electron chi connectivity index (χ4n) is 0.815. The molecule has 0 radical (unpaired) electrons. The van der Waals surface area contributed by atoms with Gasteiger partial charge in [0, 0.05) is 11.5 Å². The Kier molecular flexibility index (Phi) is 3.27. The van der Waals surface area contributed by atoms with E-state index in [4.69, 9.17) is 0 Å². The fraction of sp³-hybridized carbons (Fsp3) is 0.100. The predicted octanol–water partition coefficient (Wildman–Crippen LogP) is 2.57. The minimum Gasteiger partial charge on any atom is -0.211 e. The second-order valence-electron chi connectivity index (χ2n) is 2.50. The highest BCUT2D eigenvalue weighted by atomic mass is 19.4. The van der Waals surface area contributed by atoms with Crippen molar-refractivity contribution in [1.82, 2.24) is 0 Å². The van der Waals surface area contributed by atoms with Crippen molar-refractivity contribution >= 4 is 11.8 Å². The van der Waals surface area contributed by atoms with Crippen molar-refractivity contribution in [2.24, 2.45) is 4.99 Å². The summed E-state index contributed by atoms with van der Waals surface area (Å²) in [7, 11) is 0. The fourth-order valence-corrected chi connectivity index (χ4v) is 0.815. The average Bonchev–Trinajstić information content (AvgIpc) is 2.16. The van der Waals surface area contributed by atoms with Crippen LogP contribution in [0.4, 0.5) is 18.9 Å². The van der Waals surface area contributed by atoms with Crippen molar-refractivity contribution in [2.45, 2.75) is 6.18 Å². The molecule has 15 heavy (non-hydrogen) atoms. The largest absolute Gasteiger partial charge is 0.458 e. The van der Waals surface area contributed by atoms with Crippen LogP contribution in [-0.2, 0) is 4.79 Å². The summed E-state index contributed by atoms with van der Waals surface area (Å²) in [6.07, 6.45) is -3.18. The van der Waals surface area contributed by atoms with Gasteiger partial charge in [0.1, 0.15) is 0 Å². The first-order valence-corrected chi connectivity index (χ1v) is 3.79. The van der Waals surface area contributed by atoms with Crippen LogP contribution in [0.1, 0.15) is 5.56 Å². The maximum atomic E-state index is 11.7. The molecule has 76 valence electrons. The molecule has 0 N–H and O–H groups in total. The Morgan fingerprint density at radius 3 is 2.20 bits per heavy atom. The van der Waals surface area contributed by atoms with Crippen LogP contribution in [-0.4, -0.2) is 12.3 Å². The van der Waals surface area contributed by atoms with E-state index in [2.05, 4.69) is 4.99 Å². The van der Waals surface area contributed by atoms with Crippen molar-refractivity contribution in [3.05, 3.63) is 29.8 Å². The highest BCUT2D eigenvalue weighted by Gasteiger charge is 2.22. The van der Waals surface area contributed by atoms with E-state index in [1.807, 2.05) is 5.92 Å². The van der Waals surface area contributed by atoms with Gasteiger partial charge in [0.2, 0.25) is 6.08 Å². The van der Waals surface area contributed by atoms with E-state index < -0.39 is 6.18 Å². The number of benzene rings is 1. The summed E-state index contributed by atoms with van der Waals surface area (Å²) < 4.78 is 35.1. The number of aliphatic imine (C=N–C) groups is 1. The number of rotatable bonds is 1. The second kappa shape index (κ2) is 4.45. The van der Waals surface area contributed by atoms with Crippen molar-refractivity contribution in [3.8, 4) is 11.8 Å². The number of halogens is 3. The number of carbonyl (C=O) groups excluding carboxylic acids is 1. The van der Waals surface area contributed by atoms with Crippen LogP contribution < -0.4 is 0 Å². The maximum Gasteiger partial charge on any atom is 0.458 e. The lowest BCUT2D eigenvalue weighted by Gasteiger charge is -1.93. The van der Waals surface area contributed by atoms with Crippen molar-refractivity contribution < 1.29 is 18.0 Å². The summed E-state index contributed by atoms with van der Waals surface area (Å²) in [6.45, 7) is 0. The van der Waals surface area contributed by atoms with Gasteiger partial charge in [-0.25, -0.2) is 4.79 Å². The van der Waals surface area contributed by atoms with Crippen LogP contribution in [0.3, 0.4) is 0 Å². The highest BCUT2D eigenvalue weighted by molar-refractivity contribution is 5.51. The lowest BCUT2D eigenvalue weighted by Crippen LogP contribution is -2.01. The molecule has 1 aromatic rings. The monoisotopic (exact) mass is 211 g/mol. The number of hydrogen-bond donors (Lipinski definition) is 0. The lowest BCUT2D eigenvalue weighted by molar-refractivity contribution is -0.0696. The van der Waals surface area contributed by atoms with E-state index >= 15 is 0 Å². The Labute approximate surface area is 83.4 Å². The molecular weight excluding hydrogens is 207 g/mol. The summed E-state index contributed by atoms with van der Waals surface area (Å²) in [6, 6.07) is 5.44. The molecule has 0 heterocycles. The topological polar surface area (TPSA) is 29.4 Å². The van der Waals surface area contributed by atoms with E-state index in [9.17, 15) is 18.0 Å². The van der Waals surface area contributed by atoms with E-state index in [-0.39, 0.29) is 5.56 Å². The first-order valence-electron chi connectivity index (χ1n) is 3.79. The molecule has 0 unspecified atom stereocenters. The molecule has 0 fully saturated rings. The molecule has 0 saturated carbocycles. The molecule has 2 nitrogen and oxygen atoms in total. The quantitative estimate of drug-likeness (QED) is 0.398. The standard InChI is InChI=1S/C10H4F3NO/c11-10(12,13)6-5-8-1-3-9(4-2-8)14-7-15/h1-4H. The highest BCUT2D eigenvalue weighted by Crippen LogP contribution is 2.14. The number of nitrogens with zero attached hydrogens (tertiary/aromatic N) is 1. The van der Waals surface area contributed by atoms with Gasteiger partial charge in [-0.1, -0.05) is 5.92 Å². The van der Waals surface area contributed by atoms with Crippen LogP contribution >= 0.6 is 0 Å². The SMILES string of the molecule is O=C=Nc1ccc(C#CC(F)(F)F)cc1. The van der Waals surface area contributed by atoms with Gasteiger partial charge in [0.15, 0.2) is 0 Å². The Morgan fingerprint density at radius 2 is 1.73 bits per heavy atom. The van der Waals surface area contributed by atoms with E-state index in [0.717, 1.165) is 5.92 Å². The minimum atomic E-state index is -4.50. The van der Waals surface area contributed by atoms with Gasteiger partial charge in [-0.05, 0) is 24.3 Å². The summed E-state index contributed by atoms with van der Waals surface area (Å²) in [5, 5.41) is 0. The van der Waals surface area contributed by atoms with Crippen molar-refractivity contribution in [2.75, 3.05) is 0 Å². The zero-order valence-electron chi connectivity index (χ0n) is 7.30. The van der Waals surface area contributed by atoms with Gasteiger partial charge < -0.3 is 0 Å². The minimum absolute atomic E-state index is 0.206. The molecule has 0 saturated heterocycles.